The molecule has 0 amide bonds. The lowest BCUT2D eigenvalue weighted by atomic mass is 10.1. The Labute approximate surface area is 111 Å². The van der Waals surface area contributed by atoms with Crippen molar-refractivity contribution in [2.45, 2.75) is 6.54 Å². The maximum atomic E-state index is 12.0. The summed E-state index contributed by atoms with van der Waals surface area (Å²) in [5, 5.41) is 0.494. The average Bonchev–Trinajstić information content (AvgIpc) is 2.82. The number of furan rings is 1. The van der Waals surface area contributed by atoms with Gasteiger partial charge in [-0.05, 0) is 31.3 Å². The van der Waals surface area contributed by atoms with E-state index in [1.165, 1.54) is 0 Å². The van der Waals surface area contributed by atoms with Gasteiger partial charge in [0.15, 0.2) is 5.78 Å². The van der Waals surface area contributed by atoms with E-state index < -0.39 is 0 Å². The Bertz CT molecular complexity index is 522. The molecule has 1 aromatic carbocycles. The number of carbonyl (C=O) groups excluding carboxylic acids is 1. The first-order valence-electron chi connectivity index (χ1n) is 5.65. The zero-order chi connectivity index (χ0) is 13.0. The van der Waals surface area contributed by atoms with Gasteiger partial charge in [0, 0.05) is 5.56 Å². The molecule has 1 heterocycles. The Balaban J connectivity index is 1.97. The molecule has 0 bridgehead atoms. The van der Waals surface area contributed by atoms with Gasteiger partial charge in [0.25, 0.3) is 0 Å². The van der Waals surface area contributed by atoms with Gasteiger partial charge in [-0.2, -0.15) is 0 Å². The lowest BCUT2D eigenvalue weighted by Crippen LogP contribution is -2.25. The molecule has 0 fully saturated rings. The average molecular weight is 264 g/mol. The summed E-state index contributed by atoms with van der Waals surface area (Å²) in [4.78, 5) is 13.9. The highest BCUT2D eigenvalue weighted by atomic mass is 35.5. The minimum Gasteiger partial charge on any atom is -0.468 e. The van der Waals surface area contributed by atoms with Crippen molar-refractivity contribution in [2.75, 3.05) is 13.6 Å². The van der Waals surface area contributed by atoms with Crippen molar-refractivity contribution in [1.29, 1.82) is 0 Å². The van der Waals surface area contributed by atoms with Gasteiger partial charge in [-0.15, -0.1) is 0 Å². The number of nitrogens with zero attached hydrogens (tertiary/aromatic N) is 1. The molecule has 94 valence electrons. The third-order valence-electron chi connectivity index (χ3n) is 2.59. The van der Waals surface area contributed by atoms with Crippen LogP contribution >= 0.6 is 11.6 Å². The number of likely N-dealkylation sites (N-methyl/N-ethyl adjacent to an activating group) is 1. The monoisotopic (exact) mass is 263 g/mol. The van der Waals surface area contributed by atoms with Crippen LogP contribution in [0.2, 0.25) is 5.02 Å². The van der Waals surface area contributed by atoms with Crippen LogP contribution in [-0.2, 0) is 6.54 Å². The quantitative estimate of drug-likeness (QED) is 0.777. The van der Waals surface area contributed by atoms with Crippen molar-refractivity contribution in [3.8, 4) is 0 Å². The van der Waals surface area contributed by atoms with Crippen LogP contribution in [0.1, 0.15) is 16.1 Å². The van der Waals surface area contributed by atoms with Gasteiger partial charge in [-0.25, -0.2) is 0 Å². The molecule has 0 N–H and O–H groups in total. The molecule has 0 saturated carbocycles. The summed E-state index contributed by atoms with van der Waals surface area (Å²) < 4.78 is 5.24. The van der Waals surface area contributed by atoms with Crippen molar-refractivity contribution < 1.29 is 9.21 Å². The Morgan fingerprint density at radius 1 is 1.28 bits per heavy atom. The van der Waals surface area contributed by atoms with Crippen LogP contribution < -0.4 is 0 Å². The Morgan fingerprint density at radius 3 is 2.72 bits per heavy atom. The minimum atomic E-state index is 0.00894. The summed E-state index contributed by atoms with van der Waals surface area (Å²) in [5.74, 6) is 0.846. The molecule has 0 saturated heterocycles. The van der Waals surface area contributed by atoms with E-state index in [0.29, 0.717) is 23.7 Å². The summed E-state index contributed by atoms with van der Waals surface area (Å²) >= 11 is 5.99. The molecular weight excluding hydrogens is 250 g/mol. The number of hydrogen-bond donors (Lipinski definition) is 0. The molecular formula is C14H14ClNO2. The predicted octanol–water partition coefficient (Wildman–Crippen LogP) is 3.25. The first-order chi connectivity index (χ1) is 8.66. The van der Waals surface area contributed by atoms with Gasteiger partial charge in [0.1, 0.15) is 5.76 Å². The Kier molecular flexibility index (Phi) is 4.18. The van der Waals surface area contributed by atoms with Gasteiger partial charge >= 0.3 is 0 Å². The van der Waals surface area contributed by atoms with Crippen molar-refractivity contribution in [3.05, 3.63) is 59.0 Å². The molecule has 2 rings (SSSR count). The molecule has 3 nitrogen and oxygen atoms in total. The molecule has 0 aliphatic rings. The minimum absolute atomic E-state index is 0.00894. The maximum absolute atomic E-state index is 12.0. The third kappa shape index (κ3) is 3.22. The lowest BCUT2D eigenvalue weighted by molar-refractivity contribution is 0.0940. The Hall–Kier alpha value is -1.58. The SMILES string of the molecule is CN(CC(=O)c1ccccc1Cl)Cc1ccco1. The van der Waals surface area contributed by atoms with Crippen LogP contribution in [0.5, 0.6) is 0 Å². The van der Waals surface area contributed by atoms with Crippen LogP contribution in [0.4, 0.5) is 0 Å². The largest absolute Gasteiger partial charge is 0.468 e. The molecule has 0 radical (unpaired) electrons. The first-order valence-corrected chi connectivity index (χ1v) is 6.03. The molecule has 0 aliphatic carbocycles. The highest BCUT2D eigenvalue weighted by molar-refractivity contribution is 6.34. The maximum Gasteiger partial charge on any atom is 0.178 e. The van der Waals surface area contributed by atoms with E-state index in [1.807, 2.05) is 36.2 Å². The predicted molar refractivity (Wildman–Crippen MR) is 70.8 cm³/mol. The summed E-state index contributed by atoms with van der Waals surface area (Å²) in [6.45, 7) is 0.910. The second-order valence-corrected chi connectivity index (χ2v) is 4.56. The number of Topliss-reactive ketones (excluding diaryl/α,β-unsaturated/α-hetero) is 1. The highest BCUT2D eigenvalue weighted by Gasteiger charge is 2.13. The van der Waals surface area contributed by atoms with Crippen molar-refractivity contribution in [3.63, 3.8) is 0 Å². The zero-order valence-electron chi connectivity index (χ0n) is 10.1. The number of halogens is 1. The zero-order valence-corrected chi connectivity index (χ0v) is 10.9. The molecule has 2 aromatic rings. The fourth-order valence-corrected chi connectivity index (χ4v) is 1.98. The molecule has 4 heteroatoms. The van der Waals surface area contributed by atoms with E-state index in [0.717, 1.165) is 5.76 Å². The van der Waals surface area contributed by atoms with Crippen molar-refractivity contribution in [2.24, 2.45) is 0 Å². The van der Waals surface area contributed by atoms with E-state index in [-0.39, 0.29) is 5.78 Å². The van der Waals surface area contributed by atoms with Crippen LogP contribution in [0.25, 0.3) is 0 Å². The third-order valence-corrected chi connectivity index (χ3v) is 2.92. The van der Waals surface area contributed by atoms with Gasteiger partial charge in [0.05, 0.1) is 24.4 Å². The summed E-state index contributed by atoms with van der Waals surface area (Å²) in [5.41, 5.74) is 0.561. The van der Waals surface area contributed by atoms with Crippen LogP contribution in [0.3, 0.4) is 0 Å². The van der Waals surface area contributed by atoms with Gasteiger partial charge < -0.3 is 4.42 Å². The number of rotatable bonds is 5. The van der Waals surface area contributed by atoms with E-state index in [1.54, 1.807) is 18.4 Å². The standard InChI is InChI=1S/C14H14ClNO2/c1-16(9-11-5-4-8-18-11)10-14(17)12-6-2-3-7-13(12)15/h2-8H,9-10H2,1H3. The second kappa shape index (κ2) is 5.85. The van der Waals surface area contributed by atoms with Gasteiger partial charge in [-0.3, -0.25) is 9.69 Å². The Morgan fingerprint density at radius 2 is 2.06 bits per heavy atom. The van der Waals surface area contributed by atoms with Crippen LogP contribution in [0.15, 0.2) is 47.1 Å². The number of benzene rings is 1. The molecule has 18 heavy (non-hydrogen) atoms. The smallest absolute Gasteiger partial charge is 0.178 e. The molecule has 0 aliphatic heterocycles. The van der Waals surface area contributed by atoms with Crippen molar-refractivity contribution >= 4 is 17.4 Å². The van der Waals surface area contributed by atoms with E-state index in [2.05, 4.69) is 0 Å². The van der Waals surface area contributed by atoms with Crippen LogP contribution in [-0.4, -0.2) is 24.3 Å². The van der Waals surface area contributed by atoms with E-state index in [4.69, 9.17) is 16.0 Å². The number of carbonyl (C=O) groups is 1. The lowest BCUT2D eigenvalue weighted by Gasteiger charge is -2.14. The molecule has 1 aromatic heterocycles. The van der Waals surface area contributed by atoms with E-state index >= 15 is 0 Å². The van der Waals surface area contributed by atoms with Crippen molar-refractivity contribution in [1.82, 2.24) is 4.90 Å². The first kappa shape index (κ1) is 12.9. The van der Waals surface area contributed by atoms with Crippen LogP contribution in [0, 0.1) is 0 Å². The molecule has 0 atom stereocenters. The normalized spacial score (nSPS) is 10.8. The fraction of sp³-hybridized carbons (Fsp3) is 0.214. The number of ketones is 1. The second-order valence-electron chi connectivity index (χ2n) is 4.15. The van der Waals surface area contributed by atoms with E-state index in [9.17, 15) is 4.79 Å². The molecule has 0 spiro atoms. The summed E-state index contributed by atoms with van der Waals surface area (Å²) in [6.07, 6.45) is 1.62. The fourth-order valence-electron chi connectivity index (χ4n) is 1.74. The van der Waals surface area contributed by atoms with Gasteiger partial charge in [-0.1, -0.05) is 23.7 Å². The van der Waals surface area contributed by atoms with Gasteiger partial charge in [0.2, 0.25) is 0 Å². The number of hydrogen-bond acceptors (Lipinski definition) is 3. The summed E-state index contributed by atoms with van der Waals surface area (Å²) in [6, 6.07) is 10.8. The topological polar surface area (TPSA) is 33.5 Å². The highest BCUT2D eigenvalue weighted by Crippen LogP contribution is 2.16. The molecule has 0 unspecified atom stereocenters. The summed E-state index contributed by atoms with van der Waals surface area (Å²) in [7, 11) is 1.87.